The van der Waals surface area contributed by atoms with Crippen molar-refractivity contribution in [3.8, 4) is 17.5 Å². The molecule has 242 valence electrons. The molecule has 12 heteroatoms. The number of amides is 1. The lowest BCUT2D eigenvalue weighted by atomic mass is 10.1. The standard InChI is InChI=1S/C36H35N9O3/c1-24-31(34-37-16-8-17-44(34)41-24)35(46)39-25(2)33-40-29-12-7-9-26(32(29)36(47)45(33)28-10-5-4-6-11-28)13-14-27-23-38-42(3)30(27)15-18-43-19-21-48-22-20-43/h4-12,16-17,23,25H,15,18-22H2,1-3H3,(H,39,46)/t25-/m0/s1. The number of benzene rings is 2. The quantitative estimate of drug-likeness (QED) is 0.264. The topological polar surface area (TPSA) is 124 Å². The van der Waals surface area contributed by atoms with E-state index in [1.807, 2.05) is 61.1 Å². The molecule has 1 fully saturated rings. The van der Waals surface area contributed by atoms with E-state index in [1.54, 1.807) is 46.7 Å². The summed E-state index contributed by atoms with van der Waals surface area (Å²) in [5, 5.41) is 12.3. The van der Waals surface area contributed by atoms with E-state index in [2.05, 4.69) is 37.2 Å². The first kappa shape index (κ1) is 31.0. The number of aromatic nitrogens is 7. The Hall–Kier alpha value is -5.64. The van der Waals surface area contributed by atoms with Crippen LogP contribution in [-0.4, -0.2) is 77.6 Å². The fourth-order valence-electron chi connectivity index (χ4n) is 6.15. The van der Waals surface area contributed by atoms with Crippen LogP contribution in [0.15, 0.2) is 78.0 Å². The molecule has 1 aliphatic rings. The molecule has 2 aromatic carbocycles. The predicted octanol–water partition coefficient (Wildman–Crippen LogP) is 3.24. The van der Waals surface area contributed by atoms with Gasteiger partial charge < -0.3 is 10.1 Å². The van der Waals surface area contributed by atoms with E-state index in [-0.39, 0.29) is 11.5 Å². The van der Waals surface area contributed by atoms with Gasteiger partial charge in [-0.05, 0) is 44.2 Å². The lowest BCUT2D eigenvalue weighted by Gasteiger charge is -2.26. The van der Waals surface area contributed by atoms with Crippen LogP contribution in [0, 0.1) is 18.8 Å². The van der Waals surface area contributed by atoms with Crippen LogP contribution in [0.4, 0.5) is 0 Å². The minimum absolute atomic E-state index is 0.278. The lowest BCUT2D eigenvalue weighted by molar-refractivity contribution is 0.0382. The summed E-state index contributed by atoms with van der Waals surface area (Å²) in [5.74, 6) is 6.58. The van der Waals surface area contributed by atoms with Crippen molar-refractivity contribution in [3.63, 3.8) is 0 Å². The highest BCUT2D eigenvalue weighted by Crippen LogP contribution is 2.22. The third-order valence-corrected chi connectivity index (χ3v) is 8.63. The van der Waals surface area contributed by atoms with Crippen LogP contribution in [0.1, 0.15) is 51.7 Å². The molecule has 12 nitrogen and oxygen atoms in total. The Bertz CT molecular complexity index is 2250. The third-order valence-electron chi connectivity index (χ3n) is 8.63. The number of fused-ring (bicyclic) bond motifs is 2. The fraction of sp³-hybridized carbons (Fsp3) is 0.278. The molecule has 0 aliphatic carbocycles. The summed E-state index contributed by atoms with van der Waals surface area (Å²) in [7, 11) is 1.93. The minimum Gasteiger partial charge on any atom is -0.379 e. The maximum absolute atomic E-state index is 14.5. The molecule has 5 heterocycles. The molecule has 0 saturated carbocycles. The zero-order valence-corrected chi connectivity index (χ0v) is 27.1. The molecule has 7 rings (SSSR count). The second kappa shape index (κ2) is 13.2. The maximum atomic E-state index is 14.5. The Morgan fingerprint density at radius 2 is 1.83 bits per heavy atom. The number of nitrogens with one attached hydrogen (secondary N) is 1. The van der Waals surface area contributed by atoms with E-state index in [0.29, 0.717) is 44.9 Å². The number of aryl methyl sites for hydroxylation is 2. The largest absolute Gasteiger partial charge is 0.379 e. The van der Waals surface area contributed by atoms with Crippen LogP contribution in [0.2, 0.25) is 0 Å². The second-order valence-electron chi connectivity index (χ2n) is 11.8. The normalized spacial score (nSPS) is 14.1. The van der Waals surface area contributed by atoms with Crippen molar-refractivity contribution in [1.29, 1.82) is 0 Å². The van der Waals surface area contributed by atoms with E-state index in [9.17, 15) is 9.59 Å². The molecule has 0 unspecified atom stereocenters. The first-order valence-electron chi connectivity index (χ1n) is 15.9. The molecule has 6 aromatic rings. The summed E-state index contributed by atoms with van der Waals surface area (Å²) in [4.78, 5) is 39.8. The molecule has 1 atom stereocenters. The summed E-state index contributed by atoms with van der Waals surface area (Å²) in [6.45, 7) is 7.80. The van der Waals surface area contributed by atoms with E-state index in [4.69, 9.17) is 9.72 Å². The maximum Gasteiger partial charge on any atom is 0.267 e. The van der Waals surface area contributed by atoms with Gasteiger partial charge in [0.05, 0.1) is 59.0 Å². The van der Waals surface area contributed by atoms with Crippen molar-refractivity contribution in [3.05, 3.63) is 117 Å². The number of ether oxygens (including phenoxy) is 1. The second-order valence-corrected chi connectivity index (χ2v) is 11.8. The SMILES string of the molecule is Cc1nn2cccnc2c1C(=O)N[C@@H](C)c1nc2cccc(C#Cc3cnn(C)c3CCN3CCOCC3)c2c(=O)n1-c1ccccc1. The van der Waals surface area contributed by atoms with Gasteiger partial charge in [-0.2, -0.15) is 10.2 Å². The Balaban J connectivity index is 1.26. The Morgan fingerprint density at radius 3 is 2.65 bits per heavy atom. The molecule has 1 saturated heterocycles. The average Bonchev–Trinajstić information content (AvgIpc) is 3.64. The number of hydrogen-bond donors (Lipinski definition) is 1. The van der Waals surface area contributed by atoms with Crippen LogP contribution in [0.5, 0.6) is 0 Å². The number of para-hydroxylation sites is 1. The summed E-state index contributed by atoms with van der Waals surface area (Å²) in [5.41, 5.74) is 4.63. The first-order chi connectivity index (χ1) is 23.4. The summed E-state index contributed by atoms with van der Waals surface area (Å²) >= 11 is 0. The lowest BCUT2D eigenvalue weighted by Crippen LogP contribution is -2.37. The Morgan fingerprint density at radius 1 is 1.04 bits per heavy atom. The molecular weight excluding hydrogens is 606 g/mol. The molecule has 0 spiro atoms. The average molecular weight is 642 g/mol. The van der Waals surface area contributed by atoms with Gasteiger partial charge in [-0.3, -0.25) is 23.7 Å². The zero-order chi connectivity index (χ0) is 33.2. The fourth-order valence-corrected chi connectivity index (χ4v) is 6.15. The van der Waals surface area contributed by atoms with Crippen LogP contribution in [0.25, 0.3) is 22.2 Å². The van der Waals surface area contributed by atoms with Gasteiger partial charge in [-0.15, -0.1) is 0 Å². The van der Waals surface area contributed by atoms with Gasteiger partial charge in [0.1, 0.15) is 11.4 Å². The van der Waals surface area contributed by atoms with Crippen molar-refractivity contribution < 1.29 is 9.53 Å². The number of carbonyl (C=O) groups excluding carboxylic acids is 1. The Labute approximate surface area is 277 Å². The molecular formula is C36H35N9O3. The summed E-state index contributed by atoms with van der Waals surface area (Å²) in [6.07, 6.45) is 5.94. The summed E-state index contributed by atoms with van der Waals surface area (Å²) < 4.78 is 10.5. The molecule has 0 bridgehead atoms. The van der Waals surface area contributed by atoms with Crippen molar-refractivity contribution in [1.82, 2.24) is 44.1 Å². The van der Waals surface area contributed by atoms with Crippen LogP contribution in [-0.2, 0) is 18.2 Å². The number of morpholine rings is 1. The number of nitrogens with zero attached hydrogens (tertiary/aromatic N) is 8. The van der Waals surface area contributed by atoms with Crippen molar-refractivity contribution in [2.45, 2.75) is 26.3 Å². The highest BCUT2D eigenvalue weighted by Gasteiger charge is 2.24. The highest BCUT2D eigenvalue weighted by molar-refractivity contribution is 6.01. The van der Waals surface area contributed by atoms with Gasteiger partial charge >= 0.3 is 0 Å². The van der Waals surface area contributed by atoms with E-state index >= 15 is 0 Å². The predicted molar refractivity (Wildman–Crippen MR) is 181 cm³/mol. The van der Waals surface area contributed by atoms with Crippen molar-refractivity contribution in [2.75, 3.05) is 32.8 Å². The van der Waals surface area contributed by atoms with Crippen molar-refractivity contribution in [2.24, 2.45) is 7.05 Å². The van der Waals surface area contributed by atoms with Gasteiger partial charge in [0.25, 0.3) is 11.5 Å². The number of rotatable bonds is 7. The van der Waals surface area contributed by atoms with Gasteiger partial charge in [-0.1, -0.05) is 36.1 Å². The van der Waals surface area contributed by atoms with E-state index in [0.717, 1.165) is 50.5 Å². The molecule has 1 amide bonds. The molecule has 48 heavy (non-hydrogen) atoms. The van der Waals surface area contributed by atoms with Gasteiger partial charge in [0.2, 0.25) is 0 Å². The van der Waals surface area contributed by atoms with E-state index in [1.165, 1.54) is 0 Å². The number of carbonyl (C=O) groups is 1. The number of hydrogen-bond acceptors (Lipinski definition) is 8. The molecule has 4 aromatic heterocycles. The zero-order valence-electron chi connectivity index (χ0n) is 27.1. The van der Waals surface area contributed by atoms with Crippen LogP contribution < -0.4 is 10.9 Å². The van der Waals surface area contributed by atoms with E-state index < -0.39 is 6.04 Å². The highest BCUT2D eigenvalue weighted by atomic mass is 16.5. The van der Waals surface area contributed by atoms with Crippen molar-refractivity contribution >= 4 is 22.5 Å². The van der Waals surface area contributed by atoms with Gasteiger partial charge in [0.15, 0.2) is 5.65 Å². The Kier molecular flexibility index (Phi) is 8.54. The van der Waals surface area contributed by atoms with Gasteiger partial charge in [-0.25, -0.2) is 14.5 Å². The smallest absolute Gasteiger partial charge is 0.267 e. The van der Waals surface area contributed by atoms with Gasteiger partial charge in [0, 0.05) is 51.1 Å². The monoisotopic (exact) mass is 641 g/mol. The summed E-state index contributed by atoms with van der Waals surface area (Å²) in [6, 6.07) is 15.9. The first-order valence-corrected chi connectivity index (χ1v) is 15.9. The minimum atomic E-state index is -0.646. The van der Waals surface area contributed by atoms with Crippen LogP contribution in [0.3, 0.4) is 0 Å². The molecule has 1 N–H and O–H groups in total. The third kappa shape index (κ3) is 5.97. The van der Waals surface area contributed by atoms with Crippen LogP contribution >= 0.6 is 0 Å². The molecule has 1 aliphatic heterocycles. The molecule has 0 radical (unpaired) electrons.